The summed E-state index contributed by atoms with van der Waals surface area (Å²) < 4.78 is 29.2. The number of phosphoric ester groups is 1. The number of rotatable bonds is 4. The molecule has 1 aliphatic rings. The van der Waals surface area contributed by atoms with Crippen LogP contribution < -0.4 is 5.73 Å². The third kappa shape index (κ3) is 3.13. The molecule has 1 unspecified atom stereocenters. The van der Waals surface area contributed by atoms with E-state index in [1.807, 2.05) is 0 Å². The molecule has 13 heteroatoms. The SMILES string of the molecule is Nc1ncnc2c1ncn2[C@H]1C[C@H](O)[C@@H](COP(=O)(O)O)S1=O. The number of aromatic nitrogens is 4. The minimum atomic E-state index is -4.70. The fourth-order valence-electron chi connectivity index (χ4n) is 2.46. The number of nitrogen functional groups attached to an aromatic ring is 1. The first-order valence-electron chi connectivity index (χ1n) is 6.48. The summed E-state index contributed by atoms with van der Waals surface area (Å²) in [6.45, 7) is -0.516. The summed E-state index contributed by atoms with van der Waals surface area (Å²) in [7, 11) is -6.35. The van der Waals surface area contributed by atoms with E-state index in [0.717, 1.165) is 0 Å². The second-order valence-corrected chi connectivity index (χ2v) is 8.04. The zero-order valence-corrected chi connectivity index (χ0v) is 13.3. The van der Waals surface area contributed by atoms with Gasteiger partial charge in [-0.1, -0.05) is 0 Å². The van der Waals surface area contributed by atoms with Gasteiger partial charge in [0.2, 0.25) is 0 Å². The zero-order chi connectivity index (χ0) is 16.8. The number of imidazole rings is 1. The van der Waals surface area contributed by atoms with Crippen molar-refractivity contribution < 1.29 is 28.2 Å². The summed E-state index contributed by atoms with van der Waals surface area (Å²) >= 11 is 0. The molecule has 0 amide bonds. The highest BCUT2D eigenvalue weighted by atomic mass is 32.2. The average molecular weight is 363 g/mol. The number of hydrogen-bond donors (Lipinski definition) is 4. The van der Waals surface area contributed by atoms with Gasteiger partial charge in [-0.05, 0) is 0 Å². The van der Waals surface area contributed by atoms with Crippen LogP contribution >= 0.6 is 7.82 Å². The van der Waals surface area contributed by atoms with Gasteiger partial charge in [0, 0.05) is 6.42 Å². The van der Waals surface area contributed by atoms with Crippen molar-refractivity contribution >= 4 is 35.6 Å². The molecule has 3 heterocycles. The Labute approximate surface area is 132 Å². The predicted molar refractivity (Wildman–Crippen MR) is 79.3 cm³/mol. The van der Waals surface area contributed by atoms with Crippen LogP contribution in [-0.4, -0.2) is 56.6 Å². The molecular weight excluding hydrogens is 349 g/mol. The van der Waals surface area contributed by atoms with Crippen molar-refractivity contribution in [3.63, 3.8) is 0 Å². The van der Waals surface area contributed by atoms with Gasteiger partial charge in [-0.2, -0.15) is 0 Å². The number of hydrogen-bond acceptors (Lipinski definition) is 8. The molecule has 11 nitrogen and oxygen atoms in total. The van der Waals surface area contributed by atoms with Crippen LogP contribution in [0.1, 0.15) is 11.8 Å². The van der Waals surface area contributed by atoms with Crippen molar-refractivity contribution in [2.75, 3.05) is 12.3 Å². The van der Waals surface area contributed by atoms with Gasteiger partial charge in [0.25, 0.3) is 0 Å². The minimum Gasteiger partial charge on any atom is -0.392 e. The van der Waals surface area contributed by atoms with Crippen molar-refractivity contribution in [3.8, 4) is 0 Å². The summed E-state index contributed by atoms with van der Waals surface area (Å²) in [5.74, 6) is 0.180. The lowest BCUT2D eigenvalue weighted by molar-refractivity contribution is 0.128. The Morgan fingerprint density at radius 3 is 2.87 bits per heavy atom. The Bertz CT molecular complexity index is 808. The van der Waals surface area contributed by atoms with Crippen molar-refractivity contribution in [2.45, 2.75) is 23.1 Å². The molecule has 2 aromatic heterocycles. The monoisotopic (exact) mass is 363 g/mol. The first-order valence-corrected chi connectivity index (χ1v) is 9.29. The Hall–Kier alpha value is -1.43. The summed E-state index contributed by atoms with van der Waals surface area (Å²) in [6, 6.07) is 0. The van der Waals surface area contributed by atoms with Gasteiger partial charge in [0.1, 0.15) is 17.2 Å². The summed E-state index contributed by atoms with van der Waals surface area (Å²) in [4.78, 5) is 29.4. The molecule has 1 saturated heterocycles. The molecule has 1 fully saturated rings. The van der Waals surface area contributed by atoms with Gasteiger partial charge in [-0.15, -0.1) is 0 Å². The molecule has 2 aromatic rings. The van der Waals surface area contributed by atoms with Crippen LogP contribution in [0.15, 0.2) is 12.7 Å². The lowest BCUT2D eigenvalue weighted by Crippen LogP contribution is -2.28. The number of phosphoric acid groups is 1. The van der Waals surface area contributed by atoms with Crippen molar-refractivity contribution in [3.05, 3.63) is 12.7 Å². The normalized spacial score (nSPS) is 28.5. The average Bonchev–Trinajstić information content (AvgIpc) is 2.99. The molecule has 126 valence electrons. The van der Waals surface area contributed by atoms with Gasteiger partial charge in [-0.25, -0.2) is 19.5 Å². The quantitative estimate of drug-likeness (QED) is 0.488. The zero-order valence-electron chi connectivity index (χ0n) is 11.6. The molecule has 0 aromatic carbocycles. The lowest BCUT2D eigenvalue weighted by Gasteiger charge is -2.14. The molecule has 23 heavy (non-hydrogen) atoms. The highest BCUT2D eigenvalue weighted by molar-refractivity contribution is 7.86. The number of aliphatic hydroxyl groups excluding tert-OH is 1. The van der Waals surface area contributed by atoms with Crippen molar-refractivity contribution in [2.24, 2.45) is 0 Å². The maximum Gasteiger partial charge on any atom is 0.469 e. The fourth-order valence-corrected chi connectivity index (χ4v) is 4.71. The lowest BCUT2D eigenvalue weighted by atomic mass is 10.2. The van der Waals surface area contributed by atoms with Crippen LogP contribution in [0.2, 0.25) is 0 Å². The fraction of sp³-hybridized carbons (Fsp3) is 0.500. The molecule has 5 N–H and O–H groups in total. The van der Waals surface area contributed by atoms with E-state index in [0.29, 0.717) is 11.2 Å². The number of aliphatic hydroxyl groups is 1. The standard InChI is InChI=1S/C10H14N5O6PS/c11-9-8-10(13-3-12-9)15(4-14-8)7-1-5(16)6(23(7)20)2-21-22(17,18)19/h3-7,16H,1-2H2,(H2,11,12,13)(H2,17,18,19)/t5-,6+,7+,23?/m0/s1. The summed E-state index contributed by atoms with van der Waals surface area (Å²) in [5, 5.41) is 8.45. The van der Waals surface area contributed by atoms with Crippen LogP contribution in [0.4, 0.5) is 5.82 Å². The Morgan fingerprint density at radius 2 is 2.17 bits per heavy atom. The van der Waals surface area contributed by atoms with E-state index in [1.54, 1.807) is 0 Å². The van der Waals surface area contributed by atoms with Crippen molar-refractivity contribution in [1.82, 2.24) is 19.5 Å². The van der Waals surface area contributed by atoms with Gasteiger partial charge in [0.15, 0.2) is 11.5 Å². The molecule has 4 atom stereocenters. The van der Waals surface area contributed by atoms with Crippen LogP contribution in [0.3, 0.4) is 0 Å². The topological polar surface area (TPSA) is 174 Å². The number of anilines is 1. The van der Waals surface area contributed by atoms with Crippen LogP contribution in [0.5, 0.6) is 0 Å². The molecule has 3 rings (SSSR count). The molecular formula is C10H14N5O6PS. The smallest absolute Gasteiger partial charge is 0.392 e. The van der Waals surface area contributed by atoms with E-state index >= 15 is 0 Å². The Kier molecular flexibility index (Phi) is 4.21. The van der Waals surface area contributed by atoms with Gasteiger partial charge >= 0.3 is 7.82 Å². The maximum atomic E-state index is 12.6. The Morgan fingerprint density at radius 1 is 1.43 bits per heavy atom. The highest BCUT2D eigenvalue weighted by Gasteiger charge is 2.43. The van der Waals surface area contributed by atoms with Crippen LogP contribution in [0, 0.1) is 0 Å². The number of fused-ring (bicyclic) bond motifs is 1. The second-order valence-electron chi connectivity index (χ2n) is 4.99. The third-order valence-electron chi connectivity index (χ3n) is 3.54. The van der Waals surface area contributed by atoms with Crippen LogP contribution in [-0.2, 0) is 19.9 Å². The first kappa shape index (κ1) is 16.4. The number of nitrogens with zero attached hydrogens (tertiary/aromatic N) is 4. The largest absolute Gasteiger partial charge is 0.469 e. The van der Waals surface area contributed by atoms with E-state index in [-0.39, 0.29) is 12.2 Å². The molecule has 0 saturated carbocycles. The maximum absolute atomic E-state index is 12.6. The number of nitrogens with two attached hydrogens (primary N) is 1. The Balaban J connectivity index is 1.88. The molecule has 0 bridgehead atoms. The summed E-state index contributed by atoms with van der Waals surface area (Å²) in [5.41, 5.74) is 6.42. The molecule has 0 aliphatic carbocycles. The third-order valence-corrected chi connectivity index (χ3v) is 6.03. The van der Waals surface area contributed by atoms with Gasteiger partial charge in [0.05, 0.1) is 35.1 Å². The molecule has 1 aliphatic heterocycles. The van der Waals surface area contributed by atoms with Crippen LogP contribution in [0.25, 0.3) is 11.2 Å². The van der Waals surface area contributed by atoms with Gasteiger partial charge in [-0.3, -0.25) is 13.3 Å². The van der Waals surface area contributed by atoms with Gasteiger partial charge < -0.3 is 20.6 Å². The van der Waals surface area contributed by atoms with E-state index in [2.05, 4.69) is 19.5 Å². The minimum absolute atomic E-state index is 0.108. The molecule has 0 spiro atoms. The van der Waals surface area contributed by atoms with E-state index in [1.165, 1.54) is 17.2 Å². The summed E-state index contributed by atoms with van der Waals surface area (Å²) in [6.07, 6.45) is 1.72. The van der Waals surface area contributed by atoms with E-state index in [4.69, 9.17) is 15.5 Å². The van der Waals surface area contributed by atoms with E-state index < -0.39 is 42.0 Å². The van der Waals surface area contributed by atoms with E-state index in [9.17, 15) is 13.9 Å². The van der Waals surface area contributed by atoms with Crippen molar-refractivity contribution in [1.29, 1.82) is 0 Å². The second kappa shape index (κ2) is 5.89. The predicted octanol–water partition coefficient (Wildman–Crippen LogP) is -1.10. The molecule has 0 radical (unpaired) electrons. The highest BCUT2D eigenvalue weighted by Crippen LogP contribution is 2.40. The first-order chi connectivity index (χ1) is 10.8.